The van der Waals surface area contributed by atoms with Crippen molar-refractivity contribution in [2.24, 2.45) is 0 Å². The van der Waals surface area contributed by atoms with Crippen LogP contribution in [0.15, 0.2) is 30.3 Å². The minimum absolute atomic E-state index is 0.151. The van der Waals surface area contributed by atoms with Crippen LogP contribution in [0.5, 0.6) is 0 Å². The molecule has 0 N–H and O–H groups in total. The quantitative estimate of drug-likeness (QED) is 0.610. The van der Waals surface area contributed by atoms with Gasteiger partial charge in [0.25, 0.3) is 0 Å². The third kappa shape index (κ3) is 2.61. The highest BCUT2D eigenvalue weighted by atomic mass is 16.5. The van der Waals surface area contributed by atoms with Gasteiger partial charge in [-0.2, -0.15) is 0 Å². The van der Waals surface area contributed by atoms with Crippen molar-refractivity contribution in [2.45, 2.75) is 31.8 Å². The fourth-order valence-corrected chi connectivity index (χ4v) is 3.54. The second-order valence-electron chi connectivity index (χ2n) is 6.01. The maximum atomic E-state index is 12.7. The van der Waals surface area contributed by atoms with Gasteiger partial charge in [0.15, 0.2) is 0 Å². The largest absolute Gasteiger partial charge is 0.465 e. The highest BCUT2D eigenvalue weighted by Gasteiger charge is 2.58. The van der Waals surface area contributed by atoms with Gasteiger partial charge >= 0.3 is 5.97 Å². The van der Waals surface area contributed by atoms with Gasteiger partial charge in [-0.15, -0.1) is 0 Å². The molecule has 1 spiro atoms. The summed E-state index contributed by atoms with van der Waals surface area (Å²) in [5, 5.41) is 0. The van der Waals surface area contributed by atoms with Crippen LogP contribution in [-0.4, -0.2) is 53.5 Å². The van der Waals surface area contributed by atoms with Crippen molar-refractivity contribution in [3.63, 3.8) is 0 Å². The van der Waals surface area contributed by atoms with E-state index in [0.29, 0.717) is 19.7 Å². The van der Waals surface area contributed by atoms with Crippen molar-refractivity contribution in [3.8, 4) is 0 Å². The van der Waals surface area contributed by atoms with Crippen LogP contribution in [0.2, 0.25) is 0 Å². The zero-order valence-corrected chi connectivity index (χ0v) is 13.0. The summed E-state index contributed by atoms with van der Waals surface area (Å²) in [6.45, 7) is 4.55. The fourth-order valence-electron chi connectivity index (χ4n) is 3.54. The van der Waals surface area contributed by atoms with E-state index >= 15 is 0 Å². The molecule has 2 aliphatic heterocycles. The molecule has 1 aromatic carbocycles. The molecule has 5 nitrogen and oxygen atoms in total. The summed E-state index contributed by atoms with van der Waals surface area (Å²) in [5.41, 5.74) is 0.683. The van der Waals surface area contributed by atoms with Crippen LogP contribution in [0.3, 0.4) is 0 Å². The molecule has 0 aromatic heterocycles. The van der Waals surface area contributed by atoms with Crippen molar-refractivity contribution in [2.75, 3.05) is 26.2 Å². The number of hydrogen-bond acceptors (Lipinski definition) is 4. The Labute approximate surface area is 130 Å². The Balaban J connectivity index is 1.63. The molecule has 1 amide bonds. The Morgan fingerprint density at radius 2 is 2.09 bits per heavy atom. The third-order valence-electron chi connectivity index (χ3n) is 4.60. The number of hydrogen-bond donors (Lipinski definition) is 0. The number of carbonyl (C=O) groups is 2. The SMILES string of the molecule is CCOC(=O)CN1CCCC12CN(Cc1ccccc1)C2=O. The second kappa shape index (κ2) is 6.08. The molecule has 0 radical (unpaired) electrons. The molecule has 2 fully saturated rings. The zero-order valence-electron chi connectivity index (χ0n) is 13.0. The number of benzene rings is 1. The maximum absolute atomic E-state index is 12.7. The third-order valence-corrected chi connectivity index (χ3v) is 4.60. The summed E-state index contributed by atoms with van der Waals surface area (Å²) in [4.78, 5) is 28.3. The number of ether oxygens (including phenoxy) is 1. The minimum Gasteiger partial charge on any atom is -0.465 e. The lowest BCUT2D eigenvalue weighted by Gasteiger charge is -2.51. The van der Waals surface area contributed by atoms with Gasteiger partial charge < -0.3 is 9.64 Å². The first-order valence-electron chi connectivity index (χ1n) is 7.90. The second-order valence-corrected chi connectivity index (χ2v) is 6.01. The lowest BCUT2D eigenvalue weighted by atomic mass is 9.85. The average molecular weight is 302 g/mol. The molecule has 0 aliphatic carbocycles. The van der Waals surface area contributed by atoms with Crippen molar-refractivity contribution >= 4 is 11.9 Å². The van der Waals surface area contributed by atoms with E-state index in [1.54, 1.807) is 6.92 Å². The van der Waals surface area contributed by atoms with E-state index in [-0.39, 0.29) is 18.4 Å². The lowest BCUT2D eigenvalue weighted by molar-refractivity contribution is -0.165. The summed E-state index contributed by atoms with van der Waals surface area (Å²) in [7, 11) is 0. The first-order valence-corrected chi connectivity index (χ1v) is 7.90. The van der Waals surface area contributed by atoms with Crippen LogP contribution in [0.25, 0.3) is 0 Å². The van der Waals surface area contributed by atoms with E-state index in [4.69, 9.17) is 4.74 Å². The van der Waals surface area contributed by atoms with Gasteiger partial charge in [-0.1, -0.05) is 30.3 Å². The van der Waals surface area contributed by atoms with Crippen LogP contribution < -0.4 is 0 Å². The van der Waals surface area contributed by atoms with Crippen LogP contribution >= 0.6 is 0 Å². The van der Waals surface area contributed by atoms with Crippen molar-refractivity contribution in [1.29, 1.82) is 0 Å². The standard InChI is InChI=1S/C17H22N2O3/c1-2-22-15(20)12-19-10-6-9-17(19)13-18(16(17)21)11-14-7-4-3-5-8-14/h3-5,7-8H,2,6,9-13H2,1H3. The molecule has 22 heavy (non-hydrogen) atoms. The minimum atomic E-state index is -0.457. The molecule has 1 unspecified atom stereocenters. The number of β-lactam (4-membered cyclic amide) rings is 1. The number of esters is 1. The number of likely N-dealkylation sites (tertiary alicyclic amines) is 2. The summed E-state index contributed by atoms with van der Waals surface area (Å²) in [6.07, 6.45) is 1.81. The molecular formula is C17H22N2O3. The topological polar surface area (TPSA) is 49.9 Å². The highest BCUT2D eigenvalue weighted by Crippen LogP contribution is 2.39. The van der Waals surface area contributed by atoms with Gasteiger partial charge in [0.1, 0.15) is 5.54 Å². The molecule has 0 bridgehead atoms. The van der Waals surface area contributed by atoms with Crippen molar-refractivity contribution < 1.29 is 14.3 Å². The fraction of sp³-hybridized carbons (Fsp3) is 0.529. The van der Waals surface area contributed by atoms with Gasteiger partial charge in [-0.25, -0.2) is 0 Å². The average Bonchev–Trinajstić information content (AvgIpc) is 2.93. The monoisotopic (exact) mass is 302 g/mol. The van der Waals surface area contributed by atoms with Gasteiger partial charge in [-0.05, 0) is 31.9 Å². The maximum Gasteiger partial charge on any atom is 0.320 e. The van der Waals surface area contributed by atoms with E-state index in [0.717, 1.165) is 24.9 Å². The van der Waals surface area contributed by atoms with Crippen LogP contribution in [0.1, 0.15) is 25.3 Å². The Hall–Kier alpha value is -1.88. The van der Waals surface area contributed by atoms with Crippen LogP contribution in [-0.2, 0) is 20.9 Å². The Morgan fingerprint density at radius 3 is 2.77 bits per heavy atom. The van der Waals surface area contributed by atoms with Crippen molar-refractivity contribution in [3.05, 3.63) is 35.9 Å². The number of amides is 1. The predicted octanol–water partition coefficient (Wildman–Crippen LogP) is 1.43. The van der Waals surface area contributed by atoms with Gasteiger partial charge in [0.05, 0.1) is 13.2 Å². The summed E-state index contributed by atoms with van der Waals surface area (Å²) in [5.74, 6) is -0.0868. The molecule has 1 aromatic rings. The van der Waals surface area contributed by atoms with E-state index in [1.165, 1.54) is 0 Å². The van der Waals surface area contributed by atoms with Gasteiger partial charge in [-0.3, -0.25) is 14.5 Å². The summed E-state index contributed by atoms with van der Waals surface area (Å²) >= 11 is 0. The Morgan fingerprint density at radius 1 is 1.32 bits per heavy atom. The molecule has 1 atom stereocenters. The van der Waals surface area contributed by atoms with Gasteiger partial charge in [0.2, 0.25) is 5.91 Å². The molecule has 2 aliphatic rings. The Kier molecular flexibility index (Phi) is 4.16. The normalized spacial score (nSPS) is 24.6. The highest BCUT2D eigenvalue weighted by molar-refractivity contribution is 5.93. The summed E-state index contributed by atoms with van der Waals surface area (Å²) in [6, 6.07) is 10.0. The van der Waals surface area contributed by atoms with E-state index < -0.39 is 5.54 Å². The molecule has 5 heteroatoms. The molecule has 2 saturated heterocycles. The number of rotatable bonds is 5. The van der Waals surface area contributed by atoms with Crippen molar-refractivity contribution in [1.82, 2.24) is 9.80 Å². The van der Waals surface area contributed by atoms with Gasteiger partial charge in [0, 0.05) is 13.1 Å². The van der Waals surface area contributed by atoms with E-state index in [2.05, 4.69) is 0 Å². The first-order chi connectivity index (χ1) is 10.7. The number of nitrogens with zero attached hydrogens (tertiary/aromatic N) is 2. The van der Waals surface area contributed by atoms with Crippen LogP contribution in [0, 0.1) is 0 Å². The molecule has 0 saturated carbocycles. The first kappa shape index (κ1) is 15.0. The zero-order chi connectivity index (χ0) is 15.6. The number of carbonyl (C=O) groups excluding carboxylic acids is 2. The Bertz CT molecular complexity index is 560. The molecule has 3 rings (SSSR count). The van der Waals surface area contributed by atoms with Crippen LogP contribution in [0.4, 0.5) is 0 Å². The summed E-state index contributed by atoms with van der Waals surface area (Å²) < 4.78 is 5.02. The predicted molar refractivity (Wildman–Crippen MR) is 82.0 cm³/mol. The van der Waals surface area contributed by atoms with E-state index in [1.807, 2.05) is 40.1 Å². The molecule has 2 heterocycles. The molecule has 118 valence electrons. The smallest absolute Gasteiger partial charge is 0.320 e. The molecular weight excluding hydrogens is 280 g/mol. The van der Waals surface area contributed by atoms with E-state index in [9.17, 15) is 9.59 Å². The lowest BCUT2D eigenvalue weighted by Crippen LogP contribution is -2.72.